The van der Waals surface area contributed by atoms with Gasteiger partial charge >= 0.3 is 5.97 Å². The number of esters is 1. The van der Waals surface area contributed by atoms with Gasteiger partial charge in [0.2, 0.25) is 5.91 Å². The highest BCUT2D eigenvalue weighted by Gasteiger charge is 2.37. The Balaban J connectivity index is 1.52. The van der Waals surface area contributed by atoms with Gasteiger partial charge in [-0.3, -0.25) is 40.1 Å². The number of nitrogens with zero attached hydrogens (tertiary/aromatic N) is 2. The van der Waals surface area contributed by atoms with Gasteiger partial charge in [0.05, 0.1) is 29.7 Å². The molecule has 0 unspecified atom stereocenters. The standard InChI is InChI=1S/C21H19ClN4O8/c1-33-17-9-15(26(31)32)6-7-16(17)25-10-13(8-19(25)28)21(30)34-11-18(27)23-24-20(29)12-2-4-14(22)5-3-12/h2-7,9,13H,8,10-11H2,1H3,(H,23,27)(H,24,29)/t13-/m1/s1. The Bertz CT molecular complexity index is 1140. The molecule has 1 aliphatic rings. The Hall–Kier alpha value is -4.19. The average molecular weight is 491 g/mol. The molecule has 1 atom stereocenters. The highest BCUT2D eigenvalue weighted by molar-refractivity contribution is 6.30. The maximum absolute atomic E-state index is 12.4. The van der Waals surface area contributed by atoms with Crippen molar-refractivity contribution in [1.29, 1.82) is 0 Å². The Labute approximate surface area is 197 Å². The number of nitro benzene ring substituents is 1. The van der Waals surface area contributed by atoms with Crippen LogP contribution in [0.5, 0.6) is 5.75 Å². The number of anilines is 1. The van der Waals surface area contributed by atoms with Gasteiger partial charge in [0.25, 0.3) is 17.5 Å². The predicted molar refractivity (Wildman–Crippen MR) is 118 cm³/mol. The largest absolute Gasteiger partial charge is 0.494 e. The molecular weight excluding hydrogens is 472 g/mol. The number of rotatable bonds is 7. The third-order valence-corrected chi connectivity index (χ3v) is 5.14. The monoisotopic (exact) mass is 490 g/mol. The van der Waals surface area contributed by atoms with Crippen molar-refractivity contribution in [3.63, 3.8) is 0 Å². The van der Waals surface area contributed by atoms with Gasteiger partial charge < -0.3 is 14.4 Å². The summed E-state index contributed by atoms with van der Waals surface area (Å²) in [5.74, 6) is -3.32. The molecule has 3 amide bonds. The molecule has 1 heterocycles. The number of methoxy groups -OCH3 is 1. The molecular formula is C21H19ClN4O8. The lowest BCUT2D eigenvalue weighted by Crippen LogP contribution is -2.43. The van der Waals surface area contributed by atoms with Crippen LogP contribution in [0.2, 0.25) is 5.02 Å². The van der Waals surface area contributed by atoms with E-state index in [0.717, 1.165) is 0 Å². The number of non-ortho nitro benzene ring substituents is 1. The first-order valence-electron chi connectivity index (χ1n) is 9.83. The Morgan fingerprint density at radius 1 is 1.18 bits per heavy atom. The molecule has 1 fully saturated rings. The zero-order valence-electron chi connectivity index (χ0n) is 17.8. The van der Waals surface area contributed by atoms with E-state index < -0.39 is 41.1 Å². The van der Waals surface area contributed by atoms with Crippen molar-refractivity contribution < 1.29 is 33.6 Å². The van der Waals surface area contributed by atoms with E-state index in [1.54, 1.807) is 0 Å². The molecule has 1 saturated heterocycles. The van der Waals surface area contributed by atoms with Crippen LogP contribution in [0.15, 0.2) is 42.5 Å². The number of hydrazine groups is 1. The zero-order chi connectivity index (χ0) is 24.8. The summed E-state index contributed by atoms with van der Waals surface area (Å²) in [6.07, 6.45) is -0.173. The first kappa shape index (κ1) is 24.5. The van der Waals surface area contributed by atoms with Crippen LogP contribution in [0.25, 0.3) is 0 Å². The van der Waals surface area contributed by atoms with Crippen LogP contribution in [-0.4, -0.2) is 48.9 Å². The molecule has 2 aromatic rings. The summed E-state index contributed by atoms with van der Waals surface area (Å²) >= 11 is 5.75. The second-order valence-electron chi connectivity index (χ2n) is 7.14. The van der Waals surface area contributed by atoms with Gasteiger partial charge in [-0.25, -0.2) is 0 Å². The molecule has 0 aromatic heterocycles. The molecule has 0 saturated carbocycles. The summed E-state index contributed by atoms with van der Waals surface area (Å²) in [5, 5.41) is 11.4. The van der Waals surface area contributed by atoms with E-state index in [1.807, 2.05) is 0 Å². The van der Waals surface area contributed by atoms with Gasteiger partial charge in [0.15, 0.2) is 6.61 Å². The topological polar surface area (TPSA) is 157 Å². The first-order chi connectivity index (χ1) is 16.2. The van der Waals surface area contributed by atoms with Gasteiger partial charge in [-0.15, -0.1) is 0 Å². The van der Waals surface area contributed by atoms with Crippen LogP contribution >= 0.6 is 11.6 Å². The maximum atomic E-state index is 12.4. The minimum absolute atomic E-state index is 0.0548. The summed E-state index contributed by atoms with van der Waals surface area (Å²) in [6.45, 7) is -0.730. The van der Waals surface area contributed by atoms with E-state index in [2.05, 4.69) is 10.9 Å². The fourth-order valence-corrected chi connectivity index (χ4v) is 3.32. The van der Waals surface area contributed by atoms with Gasteiger partial charge in [-0.1, -0.05) is 11.6 Å². The van der Waals surface area contributed by atoms with Crippen molar-refractivity contribution in [3.05, 3.63) is 63.2 Å². The minimum Gasteiger partial charge on any atom is -0.494 e. The molecule has 1 aliphatic heterocycles. The minimum atomic E-state index is -0.858. The predicted octanol–water partition coefficient (Wildman–Crippen LogP) is 1.61. The smallest absolute Gasteiger partial charge is 0.311 e. The zero-order valence-corrected chi connectivity index (χ0v) is 18.5. The lowest BCUT2D eigenvalue weighted by atomic mass is 10.1. The lowest BCUT2D eigenvalue weighted by molar-refractivity contribution is -0.384. The normalized spacial score (nSPS) is 14.9. The number of halogens is 1. The Kier molecular flexibility index (Phi) is 7.64. The summed E-state index contributed by atoms with van der Waals surface area (Å²) in [5.41, 5.74) is 4.61. The molecule has 2 N–H and O–H groups in total. The van der Waals surface area contributed by atoms with Crippen molar-refractivity contribution in [2.45, 2.75) is 6.42 Å². The van der Waals surface area contributed by atoms with Gasteiger partial charge in [0, 0.05) is 29.6 Å². The Morgan fingerprint density at radius 3 is 2.53 bits per heavy atom. The van der Waals surface area contributed by atoms with Crippen molar-refractivity contribution >= 4 is 46.7 Å². The third kappa shape index (κ3) is 5.78. The highest BCUT2D eigenvalue weighted by atomic mass is 35.5. The molecule has 0 aliphatic carbocycles. The molecule has 12 nitrogen and oxygen atoms in total. The molecule has 0 bridgehead atoms. The van der Waals surface area contributed by atoms with Gasteiger partial charge in [0.1, 0.15) is 5.75 Å². The molecule has 0 radical (unpaired) electrons. The number of carbonyl (C=O) groups excluding carboxylic acids is 4. The van der Waals surface area contributed by atoms with Gasteiger partial charge in [-0.05, 0) is 30.3 Å². The first-order valence-corrected chi connectivity index (χ1v) is 10.2. The number of hydrogen-bond acceptors (Lipinski definition) is 8. The molecule has 0 spiro atoms. The SMILES string of the molecule is COc1cc([N+](=O)[O-])ccc1N1C[C@H](C(=O)OCC(=O)NNC(=O)c2ccc(Cl)cc2)CC1=O. The van der Waals surface area contributed by atoms with Crippen molar-refractivity contribution in [3.8, 4) is 5.75 Å². The molecule has 2 aromatic carbocycles. The van der Waals surface area contributed by atoms with Crippen LogP contribution in [0.4, 0.5) is 11.4 Å². The molecule has 13 heteroatoms. The third-order valence-electron chi connectivity index (χ3n) is 4.89. The molecule has 3 rings (SSSR count). The summed E-state index contributed by atoms with van der Waals surface area (Å²) in [4.78, 5) is 60.3. The Morgan fingerprint density at radius 2 is 1.88 bits per heavy atom. The summed E-state index contributed by atoms with van der Waals surface area (Å²) in [6, 6.07) is 9.71. The van der Waals surface area contributed by atoms with Crippen LogP contribution in [0.3, 0.4) is 0 Å². The highest BCUT2D eigenvalue weighted by Crippen LogP contribution is 2.35. The van der Waals surface area contributed by atoms with Crippen molar-refractivity contribution in [2.24, 2.45) is 5.92 Å². The second kappa shape index (κ2) is 10.6. The van der Waals surface area contributed by atoms with Crippen LogP contribution in [0, 0.1) is 16.0 Å². The maximum Gasteiger partial charge on any atom is 0.311 e. The van der Waals surface area contributed by atoms with Crippen molar-refractivity contribution in [2.75, 3.05) is 25.2 Å². The lowest BCUT2D eigenvalue weighted by Gasteiger charge is -2.19. The van der Waals surface area contributed by atoms with Crippen molar-refractivity contribution in [1.82, 2.24) is 10.9 Å². The number of nitrogens with one attached hydrogen (secondary N) is 2. The number of nitro groups is 1. The van der Waals surface area contributed by atoms with E-state index in [-0.39, 0.29) is 35.7 Å². The quantitative estimate of drug-likeness (QED) is 0.336. The number of hydrogen-bond donors (Lipinski definition) is 2. The fourth-order valence-electron chi connectivity index (χ4n) is 3.19. The number of carbonyl (C=O) groups is 4. The number of benzene rings is 2. The van der Waals surface area contributed by atoms with E-state index in [0.29, 0.717) is 5.02 Å². The van der Waals surface area contributed by atoms with E-state index in [4.69, 9.17) is 21.1 Å². The van der Waals surface area contributed by atoms with Crippen LogP contribution < -0.4 is 20.5 Å². The second-order valence-corrected chi connectivity index (χ2v) is 7.57. The van der Waals surface area contributed by atoms with Gasteiger partial charge in [-0.2, -0.15) is 0 Å². The van der Waals surface area contributed by atoms with E-state index in [1.165, 1.54) is 54.5 Å². The van der Waals surface area contributed by atoms with Crippen LogP contribution in [-0.2, 0) is 19.1 Å². The van der Waals surface area contributed by atoms with E-state index >= 15 is 0 Å². The fraction of sp³-hybridized carbons (Fsp3) is 0.238. The summed E-state index contributed by atoms with van der Waals surface area (Å²) in [7, 11) is 1.30. The number of ether oxygens (including phenoxy) is 2. The summed E-state index contributed by atoms with van der Waals surface area (Å²) < 4.78 is 10.1. The average Bonchev–Trinajstić information content (AvgIpc) is 3.22. The molecule has 34 heavy (non-hydrogen) atoms. The number of amides is 3. The molecule has 178 valence electrons. The van der Waals surface area contributed by atoms with E-state index in [9.17, 15) is 29.3 Å². The van der Waals surface area contributed by atoms with Crippen LogP contribution in [0.1, 0.15) is 16.8 Å².